The maximum Gasteiger partial charge on any atom is 0.194 e. The molecule has 1 aliphatic carbocycles. The Morgan fingerprint density at radius 1 is 1.00 bits per heavy atom. The number of aromatic nitrogens is 1. The standard InChI is InChI=1S/C6H7NO2/c8-5-3-1-2-4(3)6(9)7-5/h7-9H,1-2H2. The van der Waals surface area contributed by atoms with E-state index in [1.165, 1.54) is 0 Å². The third-order valence-electron chi connectivity index (χ3n) is 1.80. The van der Waals surface area contributed by atoms with Gasteiger partial charge in [-0.2, -0.15) is 0 Å². The molecule has 3 heteroatoms. The lowest BCUT2D eigenvalue weighted by atomic mass is 9.93. The zero-order valence-electron chi connectivity index (χ0n) is 4.81. The fourth-order valence-electron chi connectivity index (χ4n) is 1.16. The highest BCUT2D eigenvalue weighted by molar-refractivity contribution is 5.49. The molecule has 0 spiro atoms. The van der Waals surface area contributed by atoms with Crippen LogP contribution in [0.25, 0.3) is 0 Å². The molecule has 0 aromatic carbocycles. The summed E-state index contributed by atoms with van der Waals surface area (Å²) >= 11 is 0. The molecule has 1 heterocycles. The van der Waals surface area contributed by atoms with Crippen LogP contribution < -0.4 is 0 Å². The van der Waals surface area contributed by atoms with E-state index in [4.69, 9.17) is 10.2 Å². The highest BCUT2D eigenvalue weighted by Gasteiger charge is 2.23. The van der Waals surface area contributed by atoms with Gasteiger partial charge in [-0.1, -0.05) is 0 Å². The first-order valence-electron chi connectivity index (χ1n) is 2.90. The Morgan fingerprint density at radius 2 is 1.44 bits per heavy atom. The van der Waals surface area contributed by atoms with Gasteiger partial charge in [0.25, 0.3) is 0 Å². The SMILES string of the molecule is Oc1[nH]c(O)c2c1CC2. The Balaban J connectivity index is 2.67. The van der Waals surface area contributed by atoms with Crippen molar-refractivity contribution in [3.63, 3.8) is 0 Å². The van der Waals surface area contributed by atoms with Gasteiger partial charge in [0.15, 0.2) is 11.8 Å². The van der Waals surface area contributed by atoms with Crippen LogP contribution in [-0.4, -0.2) is 15.2 Å². The molecule has 3 N–H and O–H groups in total. The predicted molar refractivity (Wildman–Crippen MR) is 31.5 cm³/mol. The summed E-state index contributed by atoms with van der Waals surface area (Å²) in [5, 5.41) is 17.9. The minimum atomic E-state index is 0.133. The third-order valence-corrected chi connectivity index (χ3v) is 1.80. The lowest BCUT2D eigenvalue weighted by Crippen LogP contribution is -2.03. The van der Waals surface area contributed by atoms with E-state index in [-0.39, 0.29) is 11.8 Å². The molecule has 0 aliphatic heterocycles. The number of fused-ring (bicyclic) bond motifs is 1. The number of hydrogen-bond donors (Lipinski definition) is 3. The first-order chi connectivity index (χ1) is 4.29. The van der Waals surface area contributed by atoms with Crippen LogP contribution in [0.15, 0.2) is 0 Å². The quantitative estimate of drug-likeness (QED) is 0.473. The molecule has 0 saturated heterocycles. The maximum atomic E-state index is 8.96. The Labute approximate surface area is 52.0 Å². The minimum absolute atomic E-state index is 0.133. The molecule has 0 bridgehead atoms. The Bertz CT molecular complexity index is 227. The normalized spacial score (nSPS) is 14.7. The predicted octanol–water partition coefficient (Wildman–Crippen LogP) is 0.524. The van der Waals surface area contributed by atoms with Gasteiger partial charge < -0.3 is 10.2 Å². The third kappa shape index (κ3) is 0.415. The van der Waals surface area contributed by atoms with E-state index in [0.29, 0.717) is 0 Å². The molecule has 1 aliphatic rings. The van der Waals surface area contributed by atoms with Crippen molar-refractivity contribution in [2.75, 3.05) is 0 Å². The van der Waals surface area contributed by atoms with E-state index in [1.807, 2.05) is 0 Å². The first kappa shape index (κ1) is 4.73. The molecule has 1 aromatic rings. The van der Waals surface area contributed by atoms with Crippen molar-refractivity contribution in [3.8, 4) is 11.8 Å². The lowest BCUT2D eigenvalue weighted by molar-refractivity contribution is 0.424. The van der Waals surface area contributed by atoms with Gasteiger partial charge in [-0.15, -0.1) is 0 Å². The van der Waals surface area contributed by atoms with E-state index < -0.39 is 0 Å². The molecule has 3 nitrogen and oxygen atoms in total. The summed E-state index contributed by atoms with van der Waals surface area (Å²) in [4.78, 5) is 2.45. The van der Waals surface area contributed by atoms with E-state index in [0.717, 1.165) is 24.0 Å². The molecular formula is C6H7NO2. The number of nitrogens with one attached hydrogen (secondary N) is 1. The van der Waals surface area contributed by atoms with Crippen LogP contribution in [-0.2, 0) is 12.8 Å². The van der Waals surface area contributed by atoms with Gasteiger partial charge in [0.1, 0.15) is 0 Å². The highest BCUT2D eigenvalue weighted by Crippen LogP contribution is 2.37. The summed E-state index contributed by atoms with van der Waals surface area (Å²) in [5.74, 6) is 0.266. The smallest absolute Gasteiger partial charge is 0.194 e. The van der Waals surface area contributed by atoms with Gasteiger partial charge in [-0.05, 0) is 12.8 Å². The fourth-order valence-corrected chi connectivity index (χ4v) is 1.16. The summed E-state index contributed by atoms with van der Waals surface area (Å²) in [7, 11) is 0. The largest absolute Gasteiger partial charge is 0.494 e. The molecule has 0 saturated carbocycles. The molecule has 0 amide bonds. The first-order valence-corrected chi connectivity index (χ1v) is 2.90. The molecule has 1 aromatic heterocycles. The Kier molecular flexibility index (Phi) is 0.649. The zero-order chi connectivity index (χ0) is 6.43. The van der Waals surface area contributed by atoms with Crippen LogP contribution in [0.5, 0.6) is 11.8 Å². The van der Waals surface area contributed by atoms with Gasteiger partial charge in [0.2, 0.25) is 0 Å². The summed E-state index contributed by atoms with van der Waals surface area (Å²) in [6.45, 7) is 0. The molecule has 0 radical (unpaired) electrons. The summed E-state index contributed by atoms with van der Waals surface area (Å²) in [5.41, 5.74) is 1.76. The van der Waals surface area contributed by atoms with Crippen molar-refractivity contribution in [1.29, 1.82) is 0 Å². The van der Waals surface area contributed by atoms with Gasteiger partial charge in [0.05, 0.1) is 0 Å². The van der Waals surface area contributed by atoms with Gasteiger partial charge in [-0.3, -0.25) is 4.98 Å². The molecule has 2 rings (SSSR count). The monoisotopic (exact) mass is 125 g/mol. The second-order valence-electron chi connectivity index (χ2n) is 2.28. The van der Waals surface area contributed by atoms with Crippen molar-refractivity contribution in [2.24, 2.45) is 0 Å². The van der Waals surface area contributed by atoms with Crippen molar-refractivity contribution < 1.29 is 10.2 Å². The maximum absolute atomic E-state index is 8.96. The Hall–Kier alpha value is -1.12. The van der Waals surface area contributed by atoms with Crippen LogP contribution in [0.1, 0.15) is 11.1 Å². The van der Waals surface area contributed by atoms with Crippen LogP contribution in [0.3, 0.4) is 0 Å². The number of aromatic hydroxyl groups is 2. The number of H-pyrrole nitrogens is 1. The van der Waals surface area contributed by atoms with Crippen LogP contribution in [0, 0.1) is 0 Å². The van der Waals surface area contributed by atoms with Crippen molar-refractivity contribution in [3.05, 3.63) is 11.1 Å². The summed E-state index contributed by atoms with van der Waals surface area (Å²) < 4.78 is 0. The molecule has 9 heavy (non-hydrogen) atoms. The van der Waals surface area contributed by atoms with E-state index in [9.17, 15) is 0 Å². The summed E-state index contributed by atoms with van der Waals surface area (Å²) in [6, 6.07) is 0. The molecule has 0 unspecified atom stereocenters. The highest BCUT2D eigenvalue weighted by atomic mass is 16.3. The van der Waals surface area contributed by atoms with Crippen LogP contribution >= 0.6 is 0 Å². The van der Waals surface area contributed by atoms with E-state index >= 15 is 0 Å². The molecule has 0 atom stereocenters. The van der Waals surface area contributed by atoms with Crippen LogP contribution in [0.4, 0.5) is 0 Å². The lowest BCUT2D eigenvalue weighted by Gasteiger charge is -2.11. The van der Waals surface area contributed by atoms with Crippen molar-refractivity contribution in [1.82, 2.24) is 4.98 Å². The number of hydrogen-bond acceptors (Lipinski definition) is 2. The molecule has 48 valence electrons. The van der Waals surface area contributed by atoms with Crippen molar-refractivity contribution in [2.45, 2.75) is 12.8 Å². The second-order valence-corrected chi connectivity index (χ2v) is 2.28. The molecular weight excluding hydrogens is 118 g/mol. The average molecular weight is 125 g/mol. The van der Waals surface area contributed by atoms with E-state index in [1.54, 1.807) is 0 Å². The van der Waals surface area contributed by atoms with Gasteiger partial charge >= 0.3 is 0 Å². The van der Waals surface area contributed by atoms with Crippen LogP contribution in [0.2, 0.25) is 0 Å². The van der Waals surface area contributed by atoms with E-state index in [2.05, 4.69) is 4.98 Å². The summed E-state index contributed by atoms with van der Waals surface area (Å²) in [6.07, 6.45) is 1.77. The molecule has 0 fully saturated rings. The van der Waals surface area contributed by atoms with Gasteiger partial charge in [0, 0.05) is 11.1 Å². The van der Waals surface area contributed by atoms with Gasteiger partial charge in [-0.25, -0.2) is 0 Å². The Morgan fingerprint density at radius 3 is 1.67 bits per heavy atom. The minimum Gasteiger partial charge on any atom is -0.494 e. The zero-order valence-corrected chi connectivity index (χ0v) is 4.81. The number of aromatic amines is 1. The van der Waals surface area contributed by atoms with Crippen molar-refractivity contribution >= 4 is 0 Å². The fraction of sp³-hybridized carbons (Fsp3) is 0.333. The average Bonchev–Trinajstić information content (AvgIpc) is 1.73. The number of rotatable bonds is 0. The second kappa shape index (κ2) is 1.23. The topological polar surface area (TPSA) is 56.2 Å².